The molecular weight excluding hydrogens is 260 g/mol. The predicted molar refractivity (Wildman–Crippen MR) is 59.8 cm³/mol. The van der Waals surface area contributed by atoms with E-state index in [4.69, 9.17) is 0 Å². The van der Waals surface area contributed by atoms with Crippen molar-refractivity contribution in [3.63, 3.8) is 0 Å². The van der Waals surface area contributed by atoms with Crippen molar-refractivity contribution in [2.75, 3.05) is 6.61 Å². The van der Waals surface area contributed by atoms with E-state index in [1.165, 1.54) is 0 Å². The maximum atomic E-state index is 11.6. The molecule has 0 saturated heterocycles. The van der Waals surface area contributed by atoms with Crippen molar-refractivity contribution >= 4 is 27.7 Å². The van der Waals surface area contributed by atoms with Crippen LogP contribution in [0.2, 0.25) is 0 Å². The van der Waals surface area contributed by atoms with Gasteiger partial charge >= 0.3 is 5.97 Å². The zero-order valence-corrected chi connectivity index (χ0v) is 10.1. The molecule has 1 aromatic carbocycles. The van der Waals surface area contributed by atoms with Gasteiger partial charge in [0.2, 0.25) is 0 Å². The van der Waals surface area contributed by atoms with Gasteiger partial charge in [0.25, 0.3) is 5.78 Å². The fraction of sp³-hybridized carbons (Fsp3) is 0.273. The van der Waals surface area contributed by atoms with Crippen LogP contribution in [0.5, 0.6) is 0 Å². The van der Waals surface area contributed by atoms with Crippen LogP contribution in [0.1, 0.15) is 22.8 Å². The van der Waals surface area contributed by atoms with Crippen LogP contribution in [-0.4, -0.2) is 18.4 Å². The molecule has 4 heteroatoms. The van der Waals surface area contributed by atoms with Crippen LogP contribution in [0, 0.1) is 6.92 Å². The van der Waals surface area contributed by atoms with E-state index in [1.807, 2.05) is 6.07 Å². The van der Waals surface area contributed by atoms with E-state index in [-0.39, 0.29) is 6.61 Å². The van der Waals surface area contributed by atoms with E-state index in [1.54, 1.807) is 26.0 Å². The summed E-state index contributed by atoms with van der Waals surface area (Å²) in [4.78, 5) is 22.8. The number of carbonyl (C=O) groups is 2. The van der Waals surface area contributed by atoms with Crippen molar-refractivity contribution in [2.24, 2.45) is 0 Å². The number of halogens is 1. The number of ether oxygens (including phenoxy) is 1. The maximum absolute atomic E-state index is 11.6. The molecule has 0 aliphatic carbocycles. The van der Waals surface area contributed by atoms with Gasteiger partial charge in [-0.1, -0.05) is 22.0 Å². The lowest BCUT2D eigenvalue weighted by molar-refractivity contribution is -0.137. The summed E-state index contributed by atoms with van der Waals surface area (Å²) in [5.74, 6) is -1.41. The Hall–Kier alpha value is -1.16. The van der Waals surface area contributed by atoms with Gasteiger partial charge in [-0.15, -0.1) is 0 Å². The fourth-order valence-corrected chi connectivity index (χ4v) is 1.51. The van der Waals surface area contributed by atoms with Crippen molar-refractivity contribution < 1.29 is 14.3 Å². The molecule has 0 amide bonds. The molecule has 0 unspecified atom stereocenters. The molecule has 80 valence electrons. The molecule has 15 heavy (non-hydrogen) atoms. The van der Waals surface area contributed by atoms with Crippen LogP contribution < -0.4 is 0 Å². The quantitative estimate of drug-likeness (QED) is 0.482. The summed E-state index contributed by atoms with van der Waals surface area (Å²) in [5.41, 5.74) is 1.14. The summed E-state index contributed by atoms with van der Waals surface area (Å²) < 4.78 is 5.41. The first-order chi connectivity index (χ1) is 7.06. The van der Waals surface area contributed by atoms with E-state index in [2.05, 4.69) is 20.7 Å². The lowest BCUT2D eigenvalue weighted by Gasteiger charge is -2.04. The summed E-state index contributed by atoms with van der Waals surface area (Å²) in [6, 6.07) is 5.21. The van der Waals surface area contributed by atoms with Gasteiger partial charge in [0, 0.05) is 10.0 Å². The molecule has 0 radical (unpaired) electrons. The summed E-state index contributed by atoms with van der Waals surface area (Å²) in [7, 11) is 0. The highest BCUT2D eigenvalue weighted by atomic mass is 79.9. The second-order valence-electron chi connectivity index (χ2n) is 3.01. The summed E-state index contributed by atoms with van der Waals surface area (Å²) in [6.07, 6.45) is 0. The molecule has 0 spiro atoms. The molecule has 0 fully saturated rings. The number of Topliss-reactive ketones (excluding diaryl/α,β-unsaturated/α-hetero) is 1. The van der Waals surface area contributed by atoms with Crippen molar-refractivity contribution in [1.29, 1.82) is 0 Å². The Labute approximate surface area is 96.6 Å². The number of ketones is 1. The minimum absolute atomic E-state index is 0.206. The highest BCUT2D eigenvalue weighted by Crippen LogP contribution is 2.16. The third-order valence-corrected chi connectivity index (χ3v) is 2.40. The van der Waals surface area contributed by atoms with E-state index in [0.717, 1.165) is 10.0 Å². The highest BCUT2D eigenvalue weighted by Gasteiger charge is 2.19. The highest BCUT2D eigenvalue weighted by molar-refractivity contribution is 9.10. The number of aryl methyl sites for hydroxylation is 1. The normalized spacial score (nSPS) is 9.80. The summed E-state index contributed by atoms with van der Waals surface area (Å²) in [5, 5.41) is 0. The molecule has 0 saturated carbocycles. The van der Waals surface area contributed by atoms with Gasteiger partial charge in [-0.05, 0) is 31.5 Å². The summed E-state index contributed by atoms with van der Waals surface area (Å²) in [6.45, 7) is 3.65. The average Bonchev–Trinajstić information content (AvgIpc) is 2.21. The van der Waals surface area contributed by atoms with Gasteiger partial charge < -0.3 is 4.74 Å². The SMILES string of the molecule is CCOC(=O)C(=O)c1cc(Br)ccc1C. The Morgan fingerprint density at radius 3 is 2.67 bits per heavy atom. The van der Waals surface area contributed by atoms with Crippen molar-refractivity contribution in [3.8, 4) is 0 Å². The molecule has 0 aromatic heterocycles. The topological polar surface area (TPSA) is 43.4 Å². The largest absolute Gasteiger partial charge is 0.460 e. The third-order valence-electron chi connectivity index (χ3n) is 1.91. The second kappa shape index (κ2) is 5.07. The first-order valence-corrected chi connectivity index (χ1v) is 5.33. The Bertz CT molecular complexity index is 399. The lowest BCUT2D eigenvalue weighted by atomic mass is 10.1. The lowest BCUT2D eigenvalue weighted by Crippen LogP contribution is -2.18. The second-order valence-corrected chi connectivity index (χ2v) is 3.92. The Balaban J connectivity index is 3.00. The van der Waals surface area contributed by atoms with Crippen LogP contribution in [0.25, 0.3) is 0 Å². The Kier molecular flexibility index (Phi) is 4.03. The zero-order valence-electron chi connectivity index (χ0n) is 8.54. The van der Waals surface area contributed by atoms with E-state index >= 15 is 0 Å². The molecular formula is C11H11BrO3. The van der Waals surface area contributed by atoms with Gasteiger partial charge in [-0.3, -0.25) is 4.79 Å². The number of benzene rings is 1. The number of hydrogen-bond donors (Lipinski definition) is 0. The molecule has 1 aromatic rings. The van der Waals surface area contributed by atoms with Gasteiger partial charge in [0.15, 0.2) is 0 Å². The molecule has 0 bridgehead atoms. The molecule has 0 heterocycles. The molecule has 0 atom stereocenters. The van der Waals surface area contributed by atoms with Crippen LogP contribution in [-0.2, 0) is 9.53 Å². The number of carbonyl (C=O) groups excluding carboxylic acids is 2. The van der Waals surface area contributed by atoms with Crippen LogP contribution in [0.3, 0.4) is 0 Å². The van der Waals surface area contributed by atoms with Crippen molar-refractivity contribution in [3.05, 3.63) is 33.8 Å². The number of hydrogen-bond acceptors (Lipinski definition) is 3. The molecule has 3 nitrogen and oxygen atoms in total. The van der Waals surface area contributed by atoms with Crippen LogP contribution in [0.4, 0.5) is 0 Å². The first-order valence-electron chi connectivity index (χ1n) is 4.54. The standard InChI is InChI=1S/C11H11BrO3/c1-3-15-11(14)10(13)9-6-8(12)5-4-7(9)2/h4-6H,3H2,1-2H3. The number of rotatable bonds is 3. The molecule has 1 rings (SSSR count). The van der Waals surface area contributed by atoms with Crippen LogP contribution >= 0.6 is 15.9 Å². The van der Waals surface area contributed by atoms with E-state index in [9.17, 15) is 9.59 Å². The molecule has 0 aliphatic heterocycles. The number of esters is 1. The minimum atomic E-state index is -0.807. The average molecular weight is 271 g/mol. The van der Waals surface area contributed by atoms with Crippen molar-refractivity contribution in [2.45, 2.75) is 13.8 Å². The van der Waals surface area contributed by atoms with Crippen molar-refractivity contribution in [1.82, 2.24) is 0 Å². The maximum Gasteiger partial charge on any atom is 0.379 e. The Morgan fingerprint density at radius 1 is 1.40 bits per heavy atom. The molecule has 0 aliphatic rings. The van der Waals surface area contributed by atoms with E-state index in [0.29, 0.717) is 5.56 Å². The van der Waals surface area contributed by atoms with Gasteiger partial charge in [-0.25, -0.2) is 4.79 Å². The Morgan fingerprint density at radius 2 is 2.07 bits per heavy atom. The predicted octanol–water partition coefficient (Wildman–Crippen LogP) is 2.50. The first kappa shape index (κ1) is 11.9. The van der Waals surface area contributed by atoms with E-state index < -0.39 is 11.8 Å². The van der Waals surface area contributed by atoms with Gasteiger partial charge in [0.1, 0.15) is 0 Å². The zero-order chi connectivity index (χ0) is 11.4. The van der Waals surface area contributed by atoms with Gasteiger partial charge in [0.05, 0.1) is 6.61 Å². The smallest absolute Gasteiger partial charge is 0.379 e. The molecule has 0 N–H and O–H groups in total. The van der Waals surface area contributed by atoms with Crippen LogP contribution in [0.15, 0.2) is 22.7 Å². The third kappa shape index (κ3) is 2.89. The van der Waals surface area contributed by atoms with Gasteiger partial charge in [-0.2, -0.15) is 0 Å². The monoisotopic (exact) mass is 270 g/mol. The fourth-order valence-electron chi connectivity index (χ4n) is 1.15. The summed E-state index contributed by atoms with van der Waals surface area (Å²) >= 11 is 3.25. The minimum Gasteiger partial charge on any atom is -0.460 e.